The first-order valence-corrected chi connectivity index (χ1v) is 14.0. The van der Waals surface area contributed by atoms with Crippen molar-refractivity contribution in [1.29, 1.82) is 0 Å². The molecule has 0 aromatic carbocycles. The number of nitrogens with one attached hydrogen (secondary N) is 3. The van der Waals surface area contributed by atoms with E-state index in [2.05, 4.69) is 30.2 Å². The van der Waals surface area contributed by atoms with Gasteiger partial charge in [0.25, 0.3) is 0 Å². The minimum atomic E-state index is -1.89. The molecule has 0 radical (unpaired) electrons. The summed E-state index contributed by atoms with van der Waals surface area (Å²) in [6.07, 6.45) is 2.93. The maximum Gasteiger partial charge on any atom is 0.352 e. The second kappa shape index (κ2) is 21.5. The van der Waals surface area contributed by atoms with E-state index in [1.807, 2.05) is 5.32 Å². The Bertz CT molecular complexity index is 810. The number of aliphatic hydroxyl groups is 4. The van der Waals surface area contributed by atoms with Crippen LogP contribution in [-0.4, -0.2) is 110 Å². The van der Waals surface area contributed by atoms with Gasteiger partial charge in [-0.15, -0.1) is 0 Å². The second-order valence-corrected chi connectivity index (χ2v) is 9.88. The molecular weight excluding hydrogens is 548 g/mol. The topological polar surface area (TPSA) is 252 Å². The van der Waals surface area contributed by atoms with Crippen molar-refractivity contribution in [2.45, 2.75) is 101 Å². The molecule has 232 valence electrons. The van der Waals surface area contributed by atoms with Gasteiger partial charge < -0.3 is 52.3 Å². The van der Waals surface area contributed by atoms with Crippen LogP contribution in [0.1, 0.15) is 64.7 Å². The average Bonchev–Trinajstić information content (AvgIpc) is 2.93. The van der Waals surface area contributed by atoms with Gasteiger partial charge >= 0.3 is 11.9 Å². The number of carboxylic acids is 2. The molecular formula is C25H46N4O10S. The minimum absolute atomic E-state index is 0.192. The molecule has 6 atom stereocenters. The molecule has 0 bridgehead atoms. The lowest BCUT2D eigenvalue weighted by atomic mass is 10.0. The number of amides is 2. The first-order valence-electron chi connectivity index (χ1n) is 13.4. The van der Waals surface area contributed by atoms with Crippen LogP contribution < -0.4 is 21.7 Å². The van der Waals surface area contributed by atoms with E-state index in [1.54, 1.807) is 0 Å². The van der Waals surface area contributed by atoms with Gasteiger partial charge in [0.1, 0.15) is 30.0 Å². The highest BCUT2D eigenvalue weighted by atomic mass is 32.1. The predicted octanol–water partition coefficient (Wildman–Crippen LogP) is -1.54. The summed E-state index contributed by atoms with van der Waals surface area (Å²) in [5.41, 5.74) is 4.44. The Hall–Kier alpha value is -2.27. The van der Waals surface area contributed by atoms with Crippen molar-refractivity contribution in [2.24, 2.45) is 5.73 Å². The van der Waals surface area contributed by atoms with Gasteiger partial charge in [0, 0.05) is 24.8 Å². The maximum absolute atomic E-state index is 12.2. The molecule has 1 fully saturated rings. The number of thiol groups is 1. The standard InChI is InChI=1S/C16H27N3O10S.C9H19N/c17-7(15(26)27)1-2-12(23)18-9(6-30)14(25)19-8(16(28)29)5-11(22)13(24)10(21)3-4-20;1-2-3-6-9-7-4-5-8-10-9/h5,7,9-11,13,20-22,24,30H,1-4,6,17H2,(H,18,23)(H,19,25)(H,26,27)(H,28,29);9-10H,2-8H2,1H3/b8-5+;/t7?,9?,10-,11-,13-;/m1./s1. The van der Waals surface area contributed by atoms with Crippen molar-refractivity contribution in [3.05, 3.63) is 11.8 Å². The summed E-state index contributed by atoms with van der Waals surface area (Å²) in [5, 5.41) is 63.4. The smallest absolute Gasteiger partial charge is 0.352 e. The molecule has 1 heterocycles. The molecule has 11 N–H and O–H groups in total. The van der Waals surface area contributed by atoms with Gasteiger partial charge in [-0.3, -0.25) is 14.4 Å². The SMILES string of the molecule is CCCCC1CCCCN1.NC(CCC(=O)NC(CS)C(=O)N/C(=C/[C@@H](O)[C@H](O)[C@H](O)CCO)C(=O)O)C(=O)O. The third-order valence-corrected chi connectivity index (χ3v) is 6.51. The molecule has 14 nitrogen and oxygen atoms in total. The number of aliphatic carboxylic acids is 2. The van der Waals surface area contributed by atoms with Crippen LogP contribution in [0.25, 0.3) is 0 Å². The van der Waals surface area contributed by atoms with Crippen LogP contribution in [0.5, 0.6) is 0 Å². The van der Waals surface area contributed by atoms with Gasteiger partial charge in [0.2, 0.25) is 11.8 Å². The summed E-state index contributed by atoms with van der Waals surface area (Å²) in [4.78, 5) is 46.0. The third-order valence-electron chi connectivity index (χ3n) is 6.15. The number of piperidine rings is 1. The van der Waals surface area contributed by atoms with Crippen molar-refractivity contribution < 1.29 is 49.8 Å². The number of carbonyl (C=O) groups is 4. The third kappa shape index (κ3) is 16.1. The van der Waals surface area contributed by atoms with Gasteiger partial charge in [0.15, 0.2) is 0 Å². The van der Waals surface area contributed by atoms with Crippen LogP contribution in [0.2, 0.25) is 0 Å². The number of unbranched alkanes of at least 4 members (excludes halogenated alkanes) is 1. The molecule has 1 aliphatic rings. The van der Waals surface area contributed by atoms with E-state index in [4.69, 9.17) is 15.9 Å². The molecule has 1 saturated heterocycles. The van der Waals surface area contributed by atoms with Gasteiger partial charge in [-0.05, 0) is 44.7 Å². The van der Waals surface area contributed by atoms with Crippen LogP contribution in [-0.2, 0) is 19.2 Å². The van der Waals surface area contributed by atoms with E-state index < -0.39 is 66.5 Å². The number of nitrogens with two attached hydrogens (primary N) is 1. The summed E-state index contributed by atoms with van der Waals surface area (Å²) in [6.45, 7) is 3.04. The van der Waals surface area contributed by atoms with Crippen LogP contribution >= 0.6 is 12.6 Å². The number of aliphatic hydroxyl groups excluding tert-OH is 4. The Labute approximate surface area is 239 Å². The lowest BCUT2D eigenvalue weighted by Gasteiger charge is -2.22. The second-order valence-electron chi connectivity index (χ2n) is 9.51. The monoisotopic (exact) mass is 594 g/mol. The zero-order valence-electron chi connectivity index (χ0n) is 22.9. The first kappa shape index (κ1) is 37.7. The summed E-state index contributed by atoms with van der Waals surface area (Å²) in [7, 11) is 0. The van der Waals surface area contributed by atoms with Crippen LogP contribution in [0, 0.1) is 0 Å². The van der Waals surface area contributed by atoms with E-state index >= 15 is 0 Å². The summed E-state index contributed by atoms with van der Waals surface area (Å²) in [6, 6.07) is -1.71. The van der Waals surface area contributed by atoms with Crippen molar-refractivity contribution in [3.63, 3.8) is 0 Å². The highest BCUT2D eigenvalue weighted by molar-refractivity contribution is 7.80. The van der Waals surface area contributed by atoms with E-state index in [0.717, 1.165) is 6.04 Å². The molecule has 0 saturated carbocycles. The fourth-order valence-electron chi connectivity index (χ4n) is 3.68. The Morgan fingerprint density at radius 2 is 1.80 bits per heavy atom. The number of rotatable bonds is 17. The number of carbonyl (C=O) groups excluding carboxylic acids is 2. The summed E-state index contributed by atoms with van der Waals surface area (Å²) < 4.78 is 0. The number of hydrogen-bond donors (Lipinski definition) is 11. The predicted molar refractivity (Wildman–Crippen MR) is 149 cm³/mol. The van der Waals surface area contributed by atoms with E-state index in [1.165, 1.54) is 45.1 Å². The fourth-order valence-corrected chi connectivity index (χ4v) is 3.93. The number of carboxylic acid groups (broad SMARTS) is 2. The largest absolute Gasteiger partial charge is 0.480 e. The maximum atomic E-state index is 12.2. The Morgan fingerprint density at radius 3 is 2.30 bits per heavy atom. The first-order chi connectivity index (χ1) is 18.9. The average molecular weight is 595 g/mol. The molecule has 40 heavy (non-hydrogen) atoms. The molecule has 0 aliphatic carbocycles. The Kier molecular flexibility index (Phi) is 20.3. The lowest BCUT2D eigenvalue weighted by Crippen LogP contribution is -2.49. The summed E-state index contributed by atoms with van der Waals surface area (Å²) >= 11 is 3.89. The van der Waals surface area contributed by atoms with Crippen molar-refractivity contribution in [2.75, 3.05) is 18.9 Å². The highest BCUT2D eigenvalue weighted by Gasteiger charge is 2.27. The van der Waals surface area contributed by atoms with Crippen molar-refractivity contribution in [1.82, 2.24) is 16.0 Å². The Balaban J connectivity index is 0.00000126. The van der Waals surface area contributed by atoms with E-state index in [9.17, 15) is 39.6 Å². The van der Waals surface area contributed by atoms with Gasteiger partial charge in [-0.25, -0.2) is 4.79 Å². The van der Waals surface area contributed by atoms with Crippen molar-refractivity contribution in [3.8, 4) is 0 Å². The van der Waals surface area contributed by atoms with Crippen LogP contribution in [0.15, 0.2) is 11.8 Å². The molecule has 1 aliphatic heterocycles. The van der Waals surface area contributed by atoms with Gasteiger partial charge in [0.05, 0.1) is 6.10 Å². The van der Waals surface area contributed by atoms with Gasteiger partial charge in [-0.2, -0.15) is 12.6 Å². The lowest BCUT2D eigenvalue weighted by molar-refractivity contribution is -0.139. The molecule has 3 unspecified atom stereocenters. The summed E-state index contributed by atoms with van der Waals surface area (Å²) in [5.74, 6) is -4.94. The fraction of sp³-hybridized carbons (Fsp3) is 0.760. The molecule has 15 heteroatoms. The van der Waals surface area contributed by atoms with Crippen molar-refractivity contribution >= 4 is 36.4 Å². The molecule has 0 spiro atoms. The van der Waals surface area contributed by atoms with Gasteiger partial charge in [-0.1, -0.05) is 26.2 Å². The number of hydrogen-bond acceptors (Lipinski definition) is 11. The Morgan fingerprint density at radius 1 is 1.12 bits per heavy atom. The quantitative estimate of drug-likeness (QED) is 0.0677. The zero-order valence-corrected chi connectivity index (χ0v) is 23.8. The molecule has 0 aromatic rings. The van der Waals surface area contributed by atoms with E-state index in [-0.39, 0.29) is 25.0 Å². The van der Waals surface area contributed by atoms with E-state index in [0.29, 0.717) is 6.08 Å². The zero-order chi connectivity index (χ0) is 30.7. The highest BCUT2D eigenvalue weighted by Crippen LogP contribution is 2.12. The normalized spacial score (nSPS) is 19.2. The van der Waals surface area contributed by atoms with Crippen LogP contribution in [0.4, 0.5) is 0 Å². The molecule has 0 aromatic heterocycles. The molecule has 2 amide bonds. The molecule has 1 rings (SSSR count). The minimum Gasteiger partial charge on any atom is -0.480 e. The van der Waals surface area contributed by atoms with Crippen LogP contribution in [0.3, 0.4) is 0 Å².